The molecule has 74 valence electrons. The Hall–Kier alpha value is -1.58. The van der Waals surface area contributed by atoms with Crippen LogP contribution in [0.5, 0.6) is 0 Å². The number of likely N-dealkylation sites (N-methyl/N-ethyl adjacent to an activating group) is 1. The topological polar surface area (TPSA) is 38.1 Å². The van der Waals surface area contributed by atoms with Crippen molar-refractivity contribution >= 4 is 12.0 Å². The highest BCUT2D eigenvalue weighted by Crippen LogP contribution is 2.19. The van der Waals surface area contributed by atoms with Gasteiger partial charge in [-0.15, -0.1) is 0 Å². The molecule has 0 fully saturated rings. The van der Waals surface area contributed by atoms with Crippen LogP contribution in [0.15, 0.2) is 6.08 Å². The minimum Gasteiger partial charge on any atom is -0.337 e. The predicted octanol–water partition coefficient (Wildman–Crippen LogP) is 0.827. The lowest BCUT2D eigenvalue weighted by Gasteiger charge is -2.13. The molecule has 0 saturated heterocycles. The molecule has 0 bridgehead atoms. The summed E-state index contributed by atoms with van der Waals surface area (Å²) in [6.45, 7) is 2.58. The summed E-state index contributed by atoms with van der Waals surface area (Å²) in [7, 11) is 3.60. The highest BCUT2D eigenvalue weighted by molar-refractivity contribution is 5.97. The van der Waals surface area contributed by atoms with Crippen molar-refractivity contribution in [3.8, 4) is 0 Å². The first-order valence-electron chi connectivity index (χ1n) is 4.57. The van der Waals surface area contributed by atoms with E-state index in [0.29, 0.717) is 12.2 Å². The summed E-state index contributed by atoms with van der Waals surface area (Å²) in [5.74, 6) is 0.0353. The molecule has 0 radical (unpaired) electrons. The maximum atomic E-state index is 11.9. The van der Waals surface area contributed by atoms with Crippen molar-refractivity contribution in [2.45, 2.75) is 6.92 Å². The molecule has 0 aromatic carbocycles. The van der Waals surface area contributed by atoms with Crippen LogP contribution in [0.3, 0.4) is 0 Å². The van der Waals surface area contributed by atoms with Gasteiger partial charge < -0.3 is 4.90 Å². The summed E-state index contributed by atoms with van der Waals surface area (Å²) in [6.07, 6.45) is 3.96. The first-order chi connectivity index (χ1) is 6.61. The highest BCUT2D eigenvalue weighted by Gasteiger charge is 2.22. The molecule has 0 saturated carbocycles. The van der Waals surface area contributed by atoms with E-state index in [0.717, 1.165) is 11.3 Å². The van der Waals surface area contributed by atoms with E-state index in [1.165, 1.54) is 0 Å². The lowest BCUT2D eigenvalue weighted by molar-refractivity contribution is 0.0801. The third-order valence-corrected chi connectivity index (χ3v) is 2.48. The number of rotatable bonds is 0. The number of amides is 1. The molecule has 4 heteroatoms. The van der Waals surface area contributed by atoms with Gasteiger partial charge in [-0.05, 0) is 6.92 Å². The van der Waals surface area contributed by atoms with Crippen LogP contribution in [-0.2, 0) is 7.05 Å². The number of aromatic nitrogens is 2. The average molecular weight is 191 g/mol. The smallest absolute Gasteiger partial charge is 0.272 e. The molecule has 1 aromatic heterocycles. The Morgan fingerprint density at radius 2 is 2.14 bits per heavy atom. The first kappa shape index (κ1) is 8.99. The molecule has 0 spiro atoms. The largest absolute Gasteiger partial charge is 0.337 e. The molecular weight excluding hydrogens is 178 g/mol. The summed E-state index contributed by atoms with van der Waals surface area (Å²) in [4.78, 5) is 13.6. The van der Waals surface area contributed by atoms with Crippen LogP contribution in [0.1, 0.15) is 21.7 Å². The van der Waals surface area contributed by atoms with Gasteiger partial charge in [0.05, 0.1) is 5.69 Å². The monoisotopic (exact) mass is 191 g/mol. The van der Waals surface area contributed by atoms with E-state index >= 15 is 0 Å². The van der Waals surface area contributed by atoms with Crippen LogP contribution in [-0.4, -0.2) is 34.2 Å². The zero-order chi connectivity index (χ0) is 10.3. The van der Waals surface area contributed by atoms with Crippen LogP contribution < -0.4 is 0 Å². The van der Waals surface area contributed by atoms with Crippen LogP contribution in [0.25, 0.3) is 6.08 Å². The van der Waals surface area contributed by atoms with Gasteiger partial charge in [0.2, 0.25) is 0 Å². The van der Waals surface area contributed by atoms with Gasteiger partial charge in [-0.25, -0.2) is 0 Å². The summed E-state index contributed by atoms with van der Waals surface area (Å²) >= 11 is 0. The standard InChI is InChI=1S/C10H13N3O/c1-7-8-5-4-6-12(2)10(14)9(8)13(3)11-7/h4-5H,6H2,1-3H3. The Kier molecular flexibility index (Phi) is 1.91. The molecular formula is C10H13N3O. The minimum atomic E-state index is 0.0353. The second-order valence-electron chi connectivity index (χ2n) is 3.56. The molecule has 1 amide bonds. The molecule has 1 aliphatic rings. The number of aryl methyl sites for hydroxylation is 2. The Balaban J connectivity index is 2.65. The fraction of sp³-hybridized carbons (Fsp3) is 0.400. The molecule has 2 rings (SSSR count). The molecule has 0 unspecified atom stereocenters. The van der Waals surface area contributed by atoms with Gasteiger partial charge in [0, 0.05) is 26.2 Å². The number of hydrogen-bond acceptors (Lipinski definition) is 2. The molecule has 0 aliphatic carbocycles. The van der Waals surface area contributed by atoms with Crippen molar-refractivity contribution in [1.29, 1.82) is 0 Å². The van der Waals surface area contributed by atoms with Crippen molar-refractivity contribution in [3.05, 3.63) is 23.0 Å². The zero-order valence-corrected chi connectivity index (χ0v) is 8.61. The van der Waals surface area contributed by atoms with Crippen LogP contribution in [0.4, 0.5) is 0 Å². The number of hydrogen-bond donors (Lipinski definition) is 0. The molecule has 1 aromatic rings. The van der Waals surface area contributed by atoms with E-state index in [-0.39, 0.29) is 5.91 Å². The SMILES string of the molecule is Cc1nn(C)c2c1C=CCN(C)C2=O. The number of carbonyl (C=O) groups excluding carboxylic acids is 1. The van der Waals surface area contributed by atoms with E-state index in [4.69, 9.17) is 0 Å². The highest BCUT2D eigenvalue weighted by atomic mass is 16.2. The van der Waals surface area contributed by atoms with Gasteiger partial charge >= 0.3 is 0 Å². The van der Waals surface area contributed by atoms with Crippen molar-refractivity contribution in [3.63, 3.8) is 0 Å². The summed E-state index contributed by atoms with van der Waals surface area (Å²) in [5, 5.41) is 4.24. The van der Waals surface area contributed by atoms with Gasteiger partial charge in [-0.1, -0.05) is 12.2 Å². The average Bonchev–Trinajstić information content (AvgIpc) is 2.29. The van der Waals surface area contributed by atoms with Crippen molar-refractivity contribution in [2.75, 3.05) is 13.6 Å². The van der Waals surface area contributed by atoms with Gasteiger partial charge in [0.1, 0.15) is 5.69 Å². The van der Waals surface area contributed by atoms with Crippen LogP contribution in [0.2, 0.25) is 0 Å². The molecule has 14 heavy (non-hydrogen) atoms. The van der Waals surface area contributed by atoms with Gasteiger partial charge in [-0.3, -0.25) is 9.48 Å². The Morgan fingerprint density at radius 3 is 2.86 bits per heavy atom. The third kappa shape index (κ3) is 1.14. The Labute approximate surface area is 82.8 Å². The van der Waals surface area contributed by atoms with E-state index in [9.17, 15) is 4.79 Å². The maximum absolute atomic E-state index is 11.9. The number of nitrogens with zero attached hydrogens (tertiary/aromatic N) is 3. The normalized spacial score (nSPS) is 15.6. The van der Waals surface area contributed by atoms with E-state index in [2.05, 4.69) is 5.10 Å². The van der Waals surface area contributed by atoms with Crippen molar-refractivity contribution in [2.24, 2.45) is 7.05 Å². The Bertz CT molecular complexity index is 417. The molecule has 1 aliphatic heterocycles. The summed E-state index contributed by atoms with van der Waals surface area (Å²) < 4.78 is 1.65. The first-order valence-corrected chi connectivity index (χ1v) is 4.57. The Morgan fingerprint density at radius 1 is 1.43 bits per heavy atom. The quantitative estimate of drug-likeness (QED) is 0.609. The lowest BCUT2D eigenvalue weighted by atomic mass is 10.2. The minimum absolute atomic E-state index is 0.0353. The van der Waals surface area contributed by atoms with E-state index in [1.807, 2.05) is 19.1 Å². The fourth-order valence-electron chi connectivity index (χ4n) is 1.72. The number of fused-ring (bicyclic) bond motifs is 1. The second-order valence-corrected chi connectivity index (χ2v) is 3.56. The van der Waals surface area contributed by atoms with Crippen LogP contribution >= 0.6 is 0 Å². The second kappa shape index (κ2) is 2.97. The van der Waals surface area contributed by atoms with Crippen molar-refractivity contribution in [1.82, 2.24) is 14.7 Å². The van der Waals surface area contributed by atoms with Crippen LogP contribution in [0, 0.1) is 6.92 Å². The van der Waals surface area contributed by atoms with Gasteiger partial charge in [0.15, 0.2) is 0 Å². The summed E-state index contributed by atoms with van der Waals surface area (Å²) in [5.41, 5.74) is 2.53. The summed E-state index contributed by atoms with van der Waals surface area (Å²) in [6, 6.07) is 0. The predicted molar refractivity (Wildman–Crippen MR) is 53.9 cm³/mol. The zero-order valence-electron chi connectivity index (χ0n) is 8.61. The molecule has 0 atom stereocenters. The molecule has 0 N–H and O–H groups in total. The fourth-order valence-corrected chi connectivity index (χ4v) is 1.72. The van der Waals surface area contributed by atoms with Gasteiger partial charge in [-0.2, -0.15) is 5.10 Å². The van der Waals surface area contributed by atoms with Crippen molar-refractivity contribution < 1.29 is 4.79 Å². The maximum Gasteiger partial charge on any atom is 0.272 e. The molecule has 4 nitrogen and oxygen atoms in total. The van der Waals surface area contributed by atoms with Gasteiger partial charge in [0.25, 0.3) is 5.91 Å². The number of carbonyl (C=O) groups is 1. The third-order valence-electron chi connectivity index (χ3n) is 2.48. The molecule has 2 heterocycles. The lowest BCUT2D eigenvalue weighted by Crippen LogP contribution is -2.28. The van der Waals surface area contributed by atoms with E-state index in [1.54, 1.807) is 23.7 Å². The van der Waals surface area contributed by atoms with E-state index < -0.39 is 0 Å².